The van der Waals surface area contributed by atoms with Crippen molar-refractivity contribution in [3.05, 3.63) is 52.3 Å². The maximum Gasteiger partial charge on any atom is 0.225 e. The number of nitrogens with zero attached hydrogens (tertiary/aromatic N) is 5. The molecule has 5 rings (SSSR count). The van der Waals surface area contributed by atoms with Crippen LogP contribution in [-0.4, -0.2) is 72.7 Å². The molecule has 0 saturated carbocycles. The summed E-state index contributed by atoms with van der Waals surface area (Å²) in [5.74, 6) is 0.877. The molecule has 6 nitrogen and oxygen atoms in total. The third kappa shape index (κ3) is 3.75. The summed E-state index contributed by atoms with van der Waals surface area (Å²) in [5, 5.41) is 0.841. The monoisotopic (exact) mass is 413 g/mol. The molecule has 7 heteroatoms. The van der Waals surface area contributed by atoms with E-state index < -0.39 is 0 Å². The van der Waals surface area contributed by atoms with Crippen LogP contribution in [0.2, 0.25) is 5.02 Å². The lowest BCUT2D eigenvalue weighted by atomic mass is 9.80. The summed E-state index contributed by atoms with van der Waals surface area (Å²) in [6.07, 6.45) is 3.05. The SMILES string of the molecule is CN1CCN(c2ncc3c(n2)[C@@]2(CCN(Cc4ccccc4Cl)C2)COC3)CC1. The van der Waals surface area contributed by atoms with Gasteiger partial charge < -0.3 is 14.5 Å². The predicted octanol–water partition coefficient (Wildman–Crippen LogP) is 2.56. The molecule has 0 bridgehead atoms. The van der Waals surface area contributed by atoms with Crippen LogP contribution in [0.1, 0.15) is 23.2 Å². The first-order valence-corrected chi connectivity index (χ1v) is 10.8. The molecule has 1 aromatic carbocycles. The Morgan fingerprint density at radius 3 is 2.79 bits per heavy atom. The topological polar surface area (TPSA) is 44.7 Å². The Hall–Kier alpha value is -1.73. The average Bonchev–Trinajstić information content (AvgIpc) is 3.14. The Morgan fingerprint density at radius 1 is 1.14 bits per heavy atom. The zero-order valence-corrected chi connectivity index (χ0v) is 17.7. The van der Waals surface area contributed by atoms with E-state index in [1.165, 1.54) is 11.3 Å². The zero-order chi connectivity index (χ0) is 19.8. The fourth-order valence-electron chi connectivity index (χ4n) is 4.82. The van der Waals surface area contributed by atoms with E-state index in [4.69, 9.17) is 21.3 Å². The number of hydrogen-bond acceptors (Lipinski definition) is 6. The van der Waals surface area contributed by atoms with Crippen molar-refractivity contribution < 1.29 is 4.74 Å². The molecule has 4 heterocycles. The van der Waals surface area contributed by atoms with E-state index in [1.54, 1.807) is 0 Å². The molecule has 0 unspecified atom stereocenters. The van der Waals surface area contributed by atoms with Crippen molar-refractivity contribution in [2.75, 3.05) is 57.8 Å². The maximum atomic E-state index is 6.40. The van der Waals surface area contributed by atoms with E-state index >= 15 is 0 Å². The van der Waals surface area contributed by atoms with Gasteiger partial charge in [0, 0.05) is 56.1 Å². The van der Waals surface area contributed by atoms with Crippen molar-refractivity contribution >= 4 is 17.5 Å². The second-order valence-electron chi connectivity index (χ2n) is 8.66. The van der Waals surface area contributed by atoms with Gasteiger partial charge >= 0.3 is 0 Å². The van der Waals surface area contributed by atoms with Crippen LogP contribution in [0, 0.1) is 0 Å². The first-order valence-electron chi connectivity index (χ1n) is 10.5. The number of piperazine rings is 1. The Bertz CT molecular complexity index is 885. The minimum Gasteiger partial charge on any atom is -0.376 e. The maximum absolute atomic E-state index is 6.40. The molecule has 2 aromatic rings. The van der Waals surface area contributed by atoms with Crippen molar-refractivity contribution in [1.82, 2.24) is 19.8 Å². The molecule has 0 radical (unpaired) electrons. The molecule has 0 amide bonds. The van der Waals surface area contributed by atoms with Crippen LogP contribution in [0.25, 0.3) is 0 Å². The van der Waals surface area contributed by atoms with Gasteiger partial charge in [-0.05, 0) is 31.6 Å². The molecule has 0 aliphatic carbocycles. The number of halogens is 1. The van der Waals surface area contributed by atoms with E-state index in [0.29, 0.717) is 6.61 Å². The number of fused-ring (bicyclic) bond motifs is 2. The van der Waals surface area contributed by atoms with Gasteiger partial charge in [-0.15, -0.1) is 0 Å². The van der Waals surface area contributed by atoms with Gasteiger partial charge in [-0.25, -0.2) is 9.97 Å². The standard InChI is InChI=1S/C22H28ClN5O/c1-26-8-10-28(11-9-26)21-24-12-18-14-29-16-22(20(18)25-21)6-7-27(15-22)13-17-4-2-3-5-19(17)23/h2-5,12H,6-11,13-16H2,1H3/t22-/m1/s1. The zero-order valence-electron chi connectivity index (χ0n) is 17.0. The first-order chi connectivity index (χ1) is 14.1. The minimum absolute atomic E-state index is 0.0426. The van der Waals surface area contributed by atoms with Gasteiger partial charge in [-0.1, -0.05) is 29.8 Å². The molecule has 1 spiro atoms. The summed E-state index contributed by atoms with van der Waals surface area (Å²) < 4.78 is 6.00. The summed E-state index contributed by atoms with van der Waals surface area (Å²) in [4.78, 5) is 17.0. The van der Waals surface area contributed by atoms with Crippen LogP contribution in [0.3, 0.4) is 0 Å². The van der Waals surface area contributed by atoms with Gasteiger partial charge in [0.15, 0.2) is 0 Å². The van der Waals surface area contributed by atoms with Crippen LogP contribution in [0.4, 0.5) is 5.95 Å². The Balaban J connectivity index is 1.38. The Kier molecular flexibility index (Phi) is 5.20. The lowest BCUT2D eigenvalue weighted by Gasteiger charge is -2.36. The van der Waals surface area contributed by atoms with E-state index in [0.717, 1.165) is 75.4 Å². The fourth-order valence-corrected chi connectivity index (χ4v) is 5.01. The molecule has 0 N–H and O–H groups in total. The van der Waals surface area contributed by atoms with Crippen LogP contribution in [-0.2, 0) is 23.3 Å². The van der Waals surface area contributed by atoms with Crippen LogP contribution in [0.15, 0.2) is 30.5 Å². The predicted molar refractivity (Wildman–Crippen MR) is 114 cm³/mol. The Labute approximate surface area is 177 Å². The Morgan fingerprint density at radius 2 is 1.97 bits per heavy atom. The van der Waals surface area contributed by atoms with Gasteiger partial charge in [0.05, 0.1) is 24.3 Å². The van der Waals surface area contributed by atoms with Gasteiger partial charge in [0.25, 0.3) is 0 Å². The van der Waals surface area contributed by atoms with E-state index in [1.807, 2.05) is 18.3 Å². The summed E-state index contributed by atoms with van der Waals surface area (Å²) in [7, 11) is 2.17. The van der Waals surface area contributed by atoms with E-state index in [-0.39, 0.29) is 5.41 Å². The average molecular weight is 414 g/mol. The van der Waals surface area contributed by atoms with Gasteiger partial charge in [-0.3, -0.25) is 4.90 Å². The van der Waals surface area contributed by atoms with Crippen LogP contribution >= 0.6 is 11.6 Å². The van der Waals surface area contributed by atoms with Crippen molar-refractivity contribution in [2.24, 2.45) is 0 Å². The molecule has 1 atom stereocenters. The number of likely N-dealkylation sites (tertiary alicyclic amines) is 1. The molecule has 2 saturated heterocycles. The van der Waals surface area contributed by atoms with Crippen LogP contribution in [0.5, 0.6) is 0 Å². The lowest BCUT2D eigenvalue weighted by Crippen LogP contribution is -2.46. The molecule has 3 aliphatic rings. The molecular formula is C22H28ClN5O. The largest absolute Gasteiger partial charge is 0.376 e. The quantitative estimate of drug-likeness (QED) is 0.770. The number of ether oxygens (including phenoxy) is 1. The summed E-state index contributed by atoms with van der Waals surface area (Å²) >= 11 is 6.40. The molecule has 2 fully saturated rings. The van der Waals surface area contributed by atoms with Gasteiger partial charge in [-0.2, -0.15) is 0 Å². The number of benzene rings is 1. The molecular weight excluding hydrogens is 386 g/mol. The second-order valence-corrected chi connectivity index (χ2v) is 9.07. The number of likely N-dealkylation sites (N-methyl/N-ethyl adjacent to an activating group) is 1. The normalized spacial score (nSPS) is 25.5. The number of rotatable bonds is 3. The van der Waals surface area contributed by atoms with E-state index in [2.05, 4.69) is 38.9 Å². The highest BCUT2D eigenvalue weighted by Crippen LogP contribution is 2.40. The third-order valence-corrected chi connectivity index (χ3v) is 6.93. The van der Waals surface area contributed by atoms with Gasteiger partial charge in [0.2, 0.25) is 5.95 Å². The minimum atomic E-state index is -0.0426. The molecule has 3 aliphatic heterocycles. The van der Waals surface area contributed by atoms with Crippen molar-refractivity contribution in [2.45, 2.75) is 25.0 Å². The molecule has 1 aromatic heterocycles. The number of hydrogen-bond donors (Lipinski definition) is 0. The number of anilines is 1. The fraction of sp³-hybridized carbons (Fsp3) is 0.545. The molecule has 29 heavy (non-hydrogen) atoms. The highest BCUT2D eigenvalue weighted by molar-refractivity contribution is 6.31. The second kappa shape index (κ2) is 7.84. The van der Waals surface area contributed by atoms with Gasteiger partial charge in [0.1, 0.15) is 0 Å². The highest BCUT2D eigenvalue weighted by atomic mass is 35.5. The summed E-state index contributed by atoms with van der Waals surface area (Å²) in [6.45, 7) is 8.28. The lowest BCUT2D eigenvalue weighted by molar-refractivity contribution is 0.0502. The van der Waals surface area contributed by atoms with Crippen molar-refractivity contribution in [3.8, 4) is 0 Å². The number of aromatic nitrogens is 2. The highest BCUT2D eigenvalue weighted by Gasteiger charge is 2.45. The van der Waals surface area contributed by atoms with Crippen molar-refractivity contribution in [1.29, 1.82) is 0 Å². The van der Waals surface area contributed by atoms with Crippen molar-refractivity contribution in [3.63, 3.8) is 0 Å². The van der Waals surface area contributed by atoms with Crippen LogP contribution < -0.4 is 4.90 Å². The smallest absolute Gasteiger partial charge is 0.225 e. The summed E-state index contributed by atoms with van der Waals surface area (Å²) in [5.41, 5.74) is 3.49. The van der Waals surface area contributed by atoms with E-state index in [9.17, 15) is 0 Å². The molecule has 154 valence electrons. The third-order valence-electron chi connectivity index (χ3n) is 6.56. The first kappa shape index (κ1) is 19.2. The summed E-state index contributed by atoms with van der Waals surface area (Å²) in [6, 6.07) is 8.13.